The molecule has 0 bridgehead atoms. The van der Waals surface area contributed by atoms with Gasteiger partial charge in [-0.1, -0.05) is 23.5 Å². The average molecular weight is 418 g/mol. The molecular formula is C18H19N5O3S2. The van der Waals surface area contributed by atoms with Gasteiger partial charge in [-0.05, 0) is 25.5 Å². The zero-order chi connectivity index (χ0) is 20.1. The number of rotatable bonds is 8. The predicted molar refractivity (Wildman–Crippen MR) is 111 cm³/mol. The third-order valence-electron chi connectivity index (χ3n) is 3.83. The molecule has 2 heterocycles. The molecule has 0 radical (unpaired) electrons. The number of primary amides is 1. The Morgan fingerprint density at radius 1 is 1.29 bits per heavy atom. The van der Waals surface area contributed by atoms with Gasteiger partial charge >= 0.3 is 0 Å². The molecule has 0 spiro atoms. The lowest BCUT2D eigenvalue weighted by atomic mass is 10.2. The van der Waals surface area contributed by atoms with Gasteiger partial charge in [-0.15, -0.1) is 11.8 Å². The number of aryl methyl sites for hydroxylation is 2. The van der Waals surface area contributed by atoms with Crippen LogP contribution < -0.4 is 16.6 Å². The highest BCUT2D eigenvalue weighted by Gasteiger charge is 2.12. The van der Waals surface area contributed by atoms with Gasteiger partial charge in [0.1, 0.15) is 5.82 Å². The van der Waals surface area contributed by atoms with Gasteiger partial charge in [0.15, 0.2) is 5.13 Å². The van der Waals surface area contributed by atoms with Crippen LogP contribution in [0.3, 0.4) is 0 Å². The molecule has 28 heavy (non-hydrogen) atoms. The van der Waals surface area contributed by atoms with E-state index in [1.165, 1.54) is 23.1 Å². The van der Waals surface area contributed by atoms with Crippen LogP contribution in [0.4, 0.5) is 5.13 Å². The number of carbonyl (C=O) groups excluding carboxylic acids is 2. The summed E-state index contributed by atoms with van der Waals surface area (Å²) >= 11 is 2.62. The van der Waals surface area contributed by atoms with E-state index >= 15 is 0 Å². The third kappa shape index (κ3) is 5.17. The zero-order valence-electron chi connectivity index (χ0n) is 15.2. The molecular weight excluding hydrogens is 398 g/mol. The van der Waals surface area contributed by atoms with Crippen molar-refractivity contribution in [2.45, 2.75) is 30.4 Å². The van der Waals surface area contributed by atoms with Crippen molar-refractivity contribution in [2.75, 3.05) is 11.1 Å². The second kappa shape index (κ2) is 8.98. The largest absolute Gasteiger partial charge is 0.369 e. The number of nitrogens with two attached hydrogens (primary N) is 1. The highest BCUT2D eigenvalue weighted by atomic mass is 32.2. The first-order chi connectivity index (χ1) is 13.4. The third-order valence-corrected chi connectivity index (χ3v) is 6.28. The number of amides is 2. The summed E-state index contributed by atoms with van der Waals surface area (Å²) in [4.78, 5) is 46.6. The molecule has 0 fully saturated rings. The number of aromatic nitrogens is 3. The summed E-state index contributed by atoms with van der Waals surface area (Å²) < 4.78 is 0.854. The van der Waals surface area contributed by atoms with Gasteiger partial charge in [0.05, 0.1) is 26.6 Å². The Morgan fingerprint density at radius 3 is 2.86 bits per heavy atom. The predicted octanol–water partition coefficient (Wildman–Crippen LogP) is 2.23. The van der Waals surface area contributed by atoms with Crippen molar-refractivity contribution in [1.29, 1.82) is 0 Å². The first kappa shape index (κ1) is 20.0. The van der Waals surface area contributed by atoms with Crippen molar-refractivity contribution in [3.05, 3.63) is 46.1 Å². The first-order valence-corrected chi connectivity index (χ1v) is 10.4. The van der Waals surface area contributed by atoms with Gasteiger partial charge in [-0.2, -0.15) is 0 Å². The molecule has 2 amide bonds. The van der Waals surface area contributed by atoms with E-state index < -0.39 is 5.91 Å². The van der Waals surface area contributed by atoms with Crippen molar-refractivity contribution < 1.29 is 9.59 Å². The molecule has 2 aromatic heterocycles. The number of aromatic amines is 1. The van der Waals surface area contributed by atoms with E-state index in [1.807, 2.05) is 13.0 Å². The van der Waals surface area contributed by atoms with Crippen LogP contribution in [-0.2, 0) is 16.0 Å². The fourth-order valence-electron chi connectivity index (χ4n) is 2.56. The highest BCUT2D eigenvalue weighted by Crippen LogP contribution is 2.31. The maximum absolute atomic E-state index is 12.2. The minimum Gasteiger partial charge on any atom is -0.369 e. The maximum atomic E-state index is 12.2. The molecule has 0 unspecified atom stereocenters. The number of thioether (sulfide) groups is 1. The highest BCUT2D eigenvalue weighted by molar-refractivity contribution is 8.01. The number of hydrogen-bond acceptors (Lipinski definition) is 7. The van der Waals surface area contributed by atoms with E-state index in [2.05, 4.69) is 20.3 Å². The smallest absolute Gasteiger partial charge is 0.258 e. The van der Waals surface area contributed by atoms with Crippen LogP contribution in [0.25, 0.3) is 10.9 Å². The van der Waals surface area contributed by atoms with Crippen LogP contribution >= 0.6 is 23.1 Å². The Labute approximate surface area is 169 Å². The van der Waals surface area contributed by atoms with E-state index in [0.29, 0.717) is 34.7 Å². The first-order valence-electron chi connectivity index (χ1n) is 8.58. The second-order valence-electron chi connectivity index (χ2n) is 6.08. The van der Waals surface area contributed by atoms with Gasteiger partial charge in [0.2, 0.25) is 11.8 Å². The number of fused-ring (bicyclic) bond motifs is 1. The number of para-hydroxylation sites is 1. The van der Waals surface area contributed by atoms with Gasteiger partial charge < -0.3 is 16.0 Å². The van der Waals surface area contributed by atoms with Crippen molar-refractivity contribution in [1.82, 2.24) is 15.0 Å². The van der Waals surface area contributed by atoms with Crippen LogP contribution in [0.5, 0.6) is 0 Å². The van der Waals surface area contributed by atoms with Crippen LogP contribution in [0.2, 0.25) is 0 Å². The molecule has 10 heteroatoms. The van der Waals surface area contributed by atoms with Crippen LogP contribution in [-0.4, -0.2) is 32.5 Å². The Morgan fingerprint density at radius 2 is 2.07 bits per heavy atom. The fourth-order valence-corrected chi connectivity index (χ4v) is 4.45. The molecule has 8 nitrogen and oxygen atoms in total. The number of nitrogens with one attached hydrogen (secondary N) is 2. The number of anilines is 1. The van der Waals surface area contributed by atoms with E-state index in [1.54, 1.807) is 18.2 Å². The monoisotopic (exact) mass is 417 g/mol. The average Bonchev–Trinajstić information content (AvgIpc) is 2.99. The fraction of sp³-hybridized carbons (Fsp3) is 0.278. The van der Waals surface area contributed by atoms with Crippen LogP contribution in [0, 0.1) is 6.92 Å². The molecule has 3 rings (SSSR count). The standard InChI is InChI=1S/C18H19N5O3S2/c1-10-17(27-9-13(19)24)28-18(20-10)23-15(25)8-4-7-14-21-12-6-3-2-5-11(12)16(26)22-14/h2-3,5-6H,4,7-9H2,1H3,(H2,19,24)(H,20,23,25)(H,21,22,26). The lowest BCUT2D eigenvalue weighted by molar-refractivity contribution is -0.116. The Balaban J connectivity index is 1.53. The van der Waals surface area contributed by atoms with E-state index in [4.69, 9.17) is 5.73 Å². The SMILES string of the molecule is Cc1nc(NC(=O)CCCc2nc3ccccc3c(=O)[nH]2)sc1SCC(N)=O. The number of H-pyrrole nitrogens is 1. The van der Waals surface area contributed by atoms with E-state index in [-0.39, 0.29) is 23.6 Å². The molecule has 0 saturated carbocycles. The second-order valence-corrected chi connectivity index (χ2v) is 8.32. The molecule has 0 aliphatic rings. The summed E-state index contributed by atoms with van der Waals surface area (Å²) in [5.41, 5.74) is 6.37. The Bertz CT molecular complexity index is 1080. The van der Waals surface area contributed by atoms with Crippen LogP contribution in [0.15, 0.2) is 33.3 Å². The Hall–Kier alpha value is -2.72. The summed E-state index contributed by atoms with van der Waals surface area (Å²) in [7, 11) is 0. The molecule has 0 aliphatic heterocycles. The summed E-state index contributed by atoms with van der Waals surface area (Å²) in [6, 6.07) is 7.14. The molecule has 3 aromatic rings. The van der Waals surface area contributed by atoms with Crippen molar-refractivity contribution in [2.24, 2.45) is 5.73 Å². The summed E-state index contributed by atoms with van der Waals surface area (Å²) in [6.45, 7) is 1.82. The van der Waals surface area contributed by atoms with Gasteiger partial charge in [0.25, 0.3) is 5.56 Å². The summed E-state index contributed by atoms with van der Waals surface area (Å²) in [5.74, 6) is 0.173. The van der Waals surface area contributed by atoms with E-state index in [9.17, 15) is 14.4 Å². The summed E-state index contributed by atoms with van der Waals surface area (Å²) in [6.07, 6.45) is 1.31. The minimum atomic E-state index is -0.399. The molecule has 4 N–H and O–H groups in total. The van der Waals surface area contributed by atoms with Crippen molar-refractivity contribution in [3.63, 3.8) is 0 Å². The van der Waals surface area contributed by atoms with Gasteiger partial charge in [0, 0.05) is 12.8 Å². The quantitative estimate of drug-likeness (QED) is 0.482. The minimum absolute atomic E-state index is 0.164. The number of carbonyl (C=O) groups is 2. The van der Waals surface area contributed by atoms with Crippen molar-refractivity contribution >= 4 is 50.9 Å². The number of thiazole rings is 1. The zero-order valence-corrected chi connectivity index (χ0v) is 16.8. The number of benzene rings is 1. The van der Waals surface area contributed by atoms with Crippen LogP contribution in [0.1, 0.15) is 24.4 Å². The molecule has 0 atom stereocenters. The topological polar surface area (TPSA) is 131 Å². The van der Waals surface area contributed by atoms with Gasteiger partial charge in [-0.3, -0.25) is 14.4 Å². The van der Waals surface area contributed by atoms with E-state index in [0.717, 1.165) is 9.90 Å². The molecule has 1 aromatic carbocycles. The molecule has 0 saturated heterocycles. The lowest BCUT2D eigenvalue weighted by Gasteiger charge is -2.03. The molecule has 0 aliphatic carbocycles. The number of hydrogen-bond donors (Lipinski definition) is 3. The Kier molecular flexibility index (Phi) is 6.42. The molecule has 146 valence electrons. The maximum Gasteiger partial charge on any atom is 0.258 e. The van der Waals surface area contributed by atoms with Gasteiger partial charge in [-0.25, -0.2) is 9.97 Å². The summed E-state index contributed by atoms with van der Waals surface area (Å²) in [5, 5.41) is 3.81. The normalized spacial score (nSPS) is 10.9. The number of nitrogens with zero attached hydrogens (tertiary/aromatic N) is 2. The lowest BCUT2D eigenvalue weighted by Crippen LogP contribution is -2.14. The van der Waals surface area contributed by atoms with Crippen molar-refractivity contribution in [3.8, 4) is 0 Å².